The molecule has 0 amide bonds. The number of rotatable bonds is 2. The Labute approximate surface area is 115 Å². The number of hydrogen-bond acceptors (Lipinski definition) is 3. The monoisotopic (exact) mass is 306 g/mol. The molecule has 0 aliphatic carbocycles. The maximum atomic E-state index is 5.84. The molecule has 0 atom stereocenters. The summed E-state index contributed by atoms with van der Waals surface area (Å²) in [6.45, 7) is 6.01. The van der Waals surface area contributed by atoms with Gasteiger partial charge in [0, 0.05) is 0 Å². The second-order valence-corrected chi connectivity index (χ2v) is 5.05. The molecular weight excluding hydrogens is 292 g/mol. The molecule has 0 fully saturated rings. The van der Waals surface area contributed by atoms with Crippen molar-refractivity contribution in [2.45, 2.75) is 20.8 Å². The second kappa shape index (κ2) is 4.98. The third-order valence-electron chi connectivity index (χ3n) is 3.03. The Morgan fingerprint density at radius 3 is 2.61 bits per heavy atom. The molecule has 94 valence electrons. The molecule has 0 saturated heterocycles. The molecule has 1 aromatic heterocycles. The van der Waals surface area contributed by atoms with Crippen LogP contribution in [0.3, 0.4) is 0 Å². The van der Waals surface area contributed by atoms with Crippen LogP contribution in [0, 0.1) is 20.8 Å². The van der Waals surface area contributed by atoms with Crippen LogP contribution in [-0.4, -0.2) is 4.98 Å². The predicted molar refractivity (Wildman–Crippen MR) is 77.1 cm³/mol. The van der Waals surface area contributed by atoms with Crippen LogP contribution in [0.4, 0.5) is 5.69 Å². The fourth-order valence-corrected chi connectivity index (χ4v) is 1.99. The van der Waals surface area contributed by atoms with E-state index in [4.69, 9.17) is 10.5 Å². The quantitative estimate of drug-likeness (QED) is 0.907. The van der Waals surface area contributed by atoms with Crippen LogP contribution < -0.4 is 10.5 Å². The van der Waals surface area contributed by atoms with E-state index in [0.717, 1.165) is 21.3 Å². The Bertz CT molecular complexity index is 597. The van der Waals surface area contributed by atoms with E-state index in [9.17, 15) is 0 Å². The van der Waals surface area contributed by atoms with Crippen LogP contribution in [0.15, 0.2) is 28.9 Å². The van der Waals surface area contributed by atoms with Crippen molar-refractivity contribution in [1.29, 1.82) is 0 Å². The molecule has 0 spiro atoms. The van der Waals surface area contributed by atoms with Gasteiger partial charge in [0.15, 0.2) is 0 Å². The fraction of sp³-hybridized carbons (Fsp3) is 0.214. The largest absolute Gasteiger partial charge is 0.438 e. The number of nitrogens with zero attached hydrogens (tertiary/aromatic N) is 1. The highest BCUT2D eigenvalue weighted by Crippen LogP contribution is 2.34. The summed E-state index contributed by atoms with van der Waals surface area (Å²) in [6.07, 6.45) is 1.61. The molecule has 4 heteroatoms. The van der Waals surface area contributed by atoms with Crippen molar-refractivity contribution in [3.8, 4) is 11.6 Å². The Morgan fingerprint density at radius 2 is 1.89 bits per heavy atom. The summed E-state index contributed by atoms with van der Waals surface area (Å²) >= 11 is 3.46. The van der Waals surface area contributed by atoms with Crippen molar-refractivity contribution in [1.82, 2.24) is 4.98 Å². The summed E-state index contributed by atoms with van der Waals surface area (Å²) in [4.78, 5) is 4.21. The van der Waals surface area contributed by atoms with E-state index in [0.29, 0.717) is 11.6 Å². The van der Waals surface area contributed by atoms with Crippen LogP contribution in [0.5, 0.6) is 11.6 Å². The number of nitrogens with two attached hydrogens (primary N) is 1. The number of benzene rings is 1. The lowest BCUT2D eigenvalue weighted by Crippen LogP contribution is -1.97. The van der Waals surface area contributed by atoms with E-state index in [1.54, 1.807) is 6.20 Å². The smallest absolute Gasteiger partial charge is 0.234 e. The minimum atomic E-state index is 0.537. The summed E-state index contributed by atoms with van der Waals surface area (Å²) in [5.74, 6) is 1.35. The number of anilines is 1. The molecule has 2 rings (SSSR count). The average molecular weight is 307 g/mol. The second-order valence-electron chi connectivity index (χ2n) is 4.26. The van der Waals surface area contributed by atoms with E-state index in [1.807, 2.05) is 26.0 Å². The third-order valence-corrected chi connectivity index (χ3v) is 3.97. The lowest BCUT2D eigenvalue weighted by molar-refractivity contribution is 0.455. The minimum absolute atomic E-state index is 0.537. The first-order valence-corrected chi connectivity index (χ1v) is 6.44. The average Bonchev–Trinajstić information content (AvgIpc) is 2.35. The molecule has 0 aliphatic rings. The van der Waals surface area contributed by atoms with Gasteiger partial charge in [-0.3, -0.25) is 0 Å². The Kier molecular flexibility index (Phi) is 3.57. The highest BCUT2D eigenvalue weighted by atomic mass is 79.9. The van der Waals surface area contributed by atoms with Crippen LogP contribution in [0.25, 0.3) is 0 Å². The third kappa shape index (κ3) is 2.34. The van der Waals surface area contributed by atoms with Gasteiger partial charge < -0.3 is 10.5 Å². The van der Waals surface area contributed by atoms with Gasteiger partial charge in [-0.25, -0.2) is 4.98 Å². The topological polar surface area (TPSA) is 48.1 Å². The highest BCUT2D eigenvalue weighted by molar-refractivity contribution is 9.10. The molecule has 0 radical (unpaired) electrons. The number of halogens is 1. The minimum Gasteiger partial charge on any atom is -0.438 e. The van der Waals surface area contributed by atoms with Gasteiger partial charge in [-0.15, -0.1) is 0 Å². The van der Waals surface area contributed by atoms with Gasteiger partial charge >= 0.3 is 0 Å². The van der Waals surface area contributed by atoms with Crippen LogP contribution >= 0.6 is 15.9 Å². The van der Waals surface area contributed by atoms with Crippen LogP contribution in [-0.2, 0) is 0 Å². The van der Waals surface area contributed by atoms with Gasteiger partial charge in [0.25, 0.3) is 0 Å². The summed E-state index contributed by atoms with van der Waals surface area (Å²) in [7, 11) is 0. The zero-order valence-electron chi connectivity index (χ0n) is 10.6. The summed E-state index contributed by atoms with van der Waals surface area (Å²) in [5, 5.41) is 0. The first-order valence-electron chi connectivity index (χ1n) is 5.65. The zero-order valence-corrected chi connectivity index (χ0v) is 12.2. The zero-order chi connectivity index (χ0) is 13.3. The first-order chi connectivity index (χ1) is 8.50. The SMILES string of the molecule is Cc1cccc(Oc2ncc(N)c(C)c2Br)c1C. The van der Waals surface area contributed by atoms with E-state index in [1.165, 1.54) is 5.56 Å². The van der Waals surface area contributed by atoms with Gasteiger partial charge in [-0.2, -0.15) is 0 Å². The van der Waals surface area contributed by atoms with Crippen molar-refractivity contribution >= 4 is 21.6 Å². The van der Waals surface area contributed by atoms with Crippen molar-refractivity contribution in [3.63, 3.8) is 0 Å². The molecular formula is C14H15BrN2O. The number of aromatic nitrogens is 1. The molecule has 2 aromatic rings. The first kappa shape index (κ1) is 12.9. The predicted octanol–water partition coefficient (Wildman–Crippen LogP) is 4.14. The standard InChI is InChI=1S/C14H15BrN2O/c1-8-5-4-6-12(9(8)2)18-14-13(15)10(3)11(16)7-17-14/h4-7H,16H2,1-3H3. The normalized spacial score (nSPS) is 10.4. The molecule has 1 aromatic carbocycles. The molecule has 18 heavy (non-hydrogen) atoms. The van der Waals surface area contributed by atoms with E-state index >= 15 is 0 Å². The van der Waals surface area contributed by atoms with Gasteiger partial charge in [0.2, 0.25) is 5.88 Å². The van der Waals surface area contributed by atoms with E-state index in [2.05, 4.69) is 33.9 Å². The Balaban J connectivity index is 2.41. The van der Waals surface area contributed by atoms with Gasteiger partial charge in [-0.1, -0.05) is 12.1 Å². The lowest BCUT2D eigenvalue weighted by Gasteiger charge is -2.12. The van der Waals surface area contributed by atoms with Crippen molar-refractivity contribution in [2.24, 2.45) is 0 Å². The summed E-state index contributed by atoms with van der Waals surface area (Å²) in [6, 6.07) is 5.96. The molecule has 0 aliphatic heterocycles. The fourth-order valence-electron chi connectivity index (χ4n) is 1.58. The molecule has 1 heterocycles. The summed E-state index contributed by atoms with van der Waals surface area (Å²) in [5.41, 5.74) is 9.67. The number of ether oxygens (including phenoxy) is 1. The van der Waals surface area contributed by atoms with E-state index in [-0.39, 0.29) is 0 Å². The van der Waals surface area contributed by atoms with Crippen molar-refractivity contribution in [2.75, 3.05) is 5.73 Å². The van der Waals surface area contributed by atoms with Crippen LogP contribution in [0.2, 0.25) is 0 Å². The van der Waals surface area contributed by atoms with Crippen molar-refractivity contribution < 1.29 is 4.74 Å². The molecule has 0 bridgehead atoms. The van der Waals surface area contributed by atoms with Gasteiger partial charge in [0.1, 0.15) is 5.75 Å². The number of hydrogen-bond donors (Lipinski definition) is 1. The van der Waals surface area contributed by atoms with Crippen LogP contribution in [0.1, 0.15) is 16.7 Å². The van der Waals surface area contributed by atoms with Crippen molar-refractivity contribution in [3.05, 3.63) is 45.6 Å². The Morgan fingerprint density at radius 1 is 1.17 bits per heavy atom. The van der Waals surface area contributed by atoms with Gasteiger partial charge in [0.05, 0.1) is 16.4 Å². The maximum Gasteiger partial charge on any atom is 0.234 e. The number of pyridine rings is 1. The lowest BCUT2D eigenvalue weighted by atomic mass is 10.1. The maximum absolute atomic E-state index is 5.84. The number of nitrogen functional groups attached to an aromatic ring is 1. The highest BCUT2D eigenvalue weighted by Gasteiger charge is 2.11. The molecule has 3 nitrogen and oxygen atoms in total. The molecule has 2 N–H and O–H groups in total. The Hall–Kier alpha value is -1.55. The molecule has 0 saturated carbocycles. The number of aryl methyl sites for hydroxylation is 1. The van der Waals surface area contributed by atoms with Gasteiger partial charge in [-0.05, 0) is 59.5 Å². The molecule has 0 unspecified atom stereocenters. The van der Waals surface area contributed by atoms with E-state index < -0.39 is 0 Å². The summed E-state index contributed by atoms with van der Waals surface area (Å²) < 4.78 is 6.64.